The lowest BCUT2D eigenvalue weighted by molar-refractivity contribution is -0.159. The molecule has 6 heteroatoms. The first-order valence-corrected chi connectivity index (χ1v) is 11.0. The van der Waals surface area contributed by atoms with Crippen LogP contribution in [-0.2, 0) is 27.3 Å². The van der Waals surface area contributed by atoms with Gasteiger partial charge in [0, 0.05) is 25.1 Å². The number of hydrogen-bond acceptors (Lipinski definition) is 5. The van der Waals surface area contributed by atoms with Crippen molar-refractivity contribution in [2.75, 3.05) is 26.8 Å². The van der Waals surface area contributed by atoms with E-state index < -0.39 is 5.41 Å². The van der Waals surface area contributed by atoms with Gasteiger partial charge in [-0.2, -0.15) is 0 Å². The summed E-state index contributed by atoms with van der Waals surface area (Å²) in [7, 11) is 1.65. The fourth-order valence-electron chi connectivity index (χ4n) is 3.96. The lowest BCUT2D eigenvalue weighted by atomic mass is 9.75. The van der Waals surface area contributed by atoms with Crippen LogP contribution in [0.4, 0.5) is 0 Å². The van der Waals surface area contributed by atoms with Gasteiger partial charge in [0.1, 0.15) is 0 Å². The number of piperidine rings is 1. The number of carbonyl (C=O) groups is 2. The number of thiophene rings is 1. The number of methoxy groups -OCH3 is 1. The molecule has 2 aromatic rings. The van der Waals surface area contributed by atoms with Crippen LogP contribution >= 0.6 is 11.3 Å². The number of ether oxygens (including phenoxy) is 2. The highest BCUT2D eigenvalue weighted by Crippen LogP contribution is 2.37. The average molecular weight is 416 g/mol. The molecule has 1 fully saturated rings. The highest BCUT2D eigenvalue weighted by molar-refractivity contribution is 7.14. The van der Waals surface area contributed by atoms with Crippen LogP contribution in [0.25, 0.3) is 0 Å². The molecule has 0 N–H and O–H groups in total. The lowest BCUT2D eigenvalue weighted by Crippen LogP contribution is -2.50. The zero-order chi connectivity index (χ0) is 20.7. The van der Waals surface area contributed by atoms with E-state index in [9.17, 15) is 9.59 Å². The van der Waals surface area contributed by atoms with Gasteiger partial charge in [0.15, 0.2) is 0 Å². The minimum absolute atomic E-state index is 0.00885. The van der Waals surface area contributed by atoms with E-state index in [2.05, 4.69) is 12.1 Å². The molecule has 1 aromatic carbocycles. The minimum Gasteiger partial charge on any atom is -0.466 e. The number of amides is 1. The van der Waals surface area contributed by atoms with Gasteiger partial charge in [-0.15, -0.1) is 11.3 Å². The van der Waals surface area contributed by atoms with E-state index in [0.29, 0.717) is 37.6 Å². The van der Waals surface area contributed by atoms with Crippen LogP contribution in [0.1, 0.15) is 46.3 Å². The molecule has 0 saturated carbocycles. The molecule has 3 rings (SSSR count). The van der Waals surface area contributed by atoms with E-state index in [1.807, 2.05) is 42.2 Å². The van der Waals surface area contributed by atoms with Crippen molar-refractivity contribution in [3.8, 4) is 0 Å². The maximum atomic E-state index is 13.1. The third-order valence-electron chi connectivity index (χ3n) is 5.47. The van der Waals surface area contributed by atoms with Gasteiger partial charge < -0.3 is 14.4 Å². The van der Waals surface area contributed by atoms with Gasteiger partial charge in [0.05, 0.1) is 23.5 Å². The molecular weight excluding hydrogens is 386 g/mol. The van der Waals surface area contributed by atoms with Crippen LogP contribution in [0.3, 0.4) is 0 Å². The van der Waals surface area contributed by atoms with Crippen molar-refractivity contribution in [3.05, 3.63) is 57.8 Å². The predicted octanol–water partition coefficient (Wildman–Crippen LogP) is 4.31. The Morgan fingerprint density at radius 2 is 1.97 bits per heavy atom. The summed E-state index contributed by atoms with van der Waals surface area (Å²) in [5.74, 6) is -0.190. The highest BCUT2D eigenvalue weighted by Gasteiger charge is 2.44. The van der Waals surface area contributed by atoms with Crippen molar-refractivity contribution in [1.29, 1.82) is 0 Å². The van der Waals surface area contributed by atoms with Crippen molar-refractivity contribution >= 4 is 23.2 Å². The summed E-state index contributed by atoms with van der Waals surface area (Å²) in [5, 5.41) is 0. The number of aryl methyl sites for hydroxylation is 1. The summed E-state index contributed by atoms with van der Waals surface area (Å²) in [6, 6.07) is 14.0. The van der Waals surface area contributed by atoms with Gasteiger partial charge in [0.2, 0.25) is 0 Å². The Morgan fingerprint density at radius 1 is 1.17 bits per heavy atom. The second kappa shape index (κ2) is 10.0. The predicted molar refractivity (Wildman–Crippen MR) is 114 cm³/mol. The molecule has 1 atom stereocenters. The molecule has 1 amide bonds. The smallest absolute Gasteiger partial charge is 0.313 e. The van der Waals surface area contributed by atoms with Crippen LogP contribution in [0.5, 0.6) is 0 Å². The van der Waals surface area contributed by atoms with Crippen LogP contribution in [0.15, 0.2) is 42.5 Å². The van der Waals surface area contributed by atoms with Crippen molar-refractivity contribution in [1.82, 2.24) is 4.90 Å². The Morgan fingerprint density at radius 3 is 2.69 bits per heavy atom. The van der Waals surface area contributed by atoms with Crippen LogP contribution < -0.4 is 0 Å². The Hall–Kier alpha value is -2.18. The third kappa shape index (κ3) is 5.25. The topological polar surface area (TPSA) is 55.8 Å². The number of hydrogen-bond donors (Lipinski definition) is 0. The number of benzene rings is 1. The normalized spacial score (nSPS) is 19.2. The molecule has 1 aliphatic rings. The Balaban J connectivity index is 1.76. The van der Waals surface area contributed by atoms with E-state index in [0.717, 1.165) is 24.1 Å². The summed E-state index contributed by atoms with van der Waals surface area (Å²) in [6.45, 7) is 3.77. The number of carbonyl (C=O) groups excluding carboxylic acids is 2. The molecule has 5 nitrogen and oxygen atoms in total. The minimum atomic E-state index is -0.646. The zero-order valence-corrected chi connectivity index (χ0v) is 18.0. The van der Waals surface area contributed by atoms with Gasteiger partial charge >= 0.3 is 5.97 Å². The molecule has 156 valence electrons. The zero-order valence-electron chi connectivity index (χ0n) is 17.2. The van der Waals surface area contributed by atoms with Crippen LogP contribution in [-0.4, -0.2) is 43.6 Å². The summed E-state index contributed by atoms with van der Waals surface area (Å²) in [5.41, 5.74) is 0.550. The van der Waals surface area contributed by atoms with Crippen molar-refractivity contribution in [3.63, 3.8) is 0 Å². The first-order chi connectivity index (χ1) is 14.1. The number of esters is 1. The summed E-state index contributed by atoms with van der Waals surface area (Å²) >= 11 is 1.46. The standard InChI is InChI=1S/C23H29NO4S/c1-3-28-22(26)23(14-12-18-8-5-4-6-9-18)13-7-15-24(17-23)21(25)20-11-10-19(29-20)16-27-2/h4-6,8-11H,3,7,12-17H2,1-2H3/t23-/m1/s1. The molecular formula is C23H29NO4S. The third-order valence-corrected chi connectivity index (χ3v) is 6.51. The Kier molecular flexibility index (Phi) is 7.45. The van der Waals surface area contributed by atoms with Gasteiger partial charge in [-0.1, -0.05) is 30.3 Å². The summed E-state index contributed by atoms with van der Waals surface area (Å²) < 4.78 is 10.6. The van der Waals surface area contributed by atoms with Gasteiger partial charge in [0.25, 0.3) is 5.91 Å². The van der Waals surface area contributed by atoms with E-state index >= 15 is 0 Å². The first kappa shape index (κ1) is 21.5. The van der Waals surface area contributed by atoms with E-state index in [4.69, 9.17) is 9.47 Å². The molecule has 0 radical (unpaired) electrons. The molecule has 0 aliphatic carbocycles. The van der Waals surface area contributed by atoms with Crippen molar-refractivity contribution < 1.29 is 19.1 Å². The average Bonchev–Trinajstić information content (AvgIpc) is 3.22. The Labute approximate surface area is 176 Å². The van der Waals surface area contributed by atoms with Gasteiger partial charge in [-0.3, -0.25) is 9.59 Å². The largest absolute Gasteiger partial charge is 0.466 e. The quantitative estimate of drug-likeness (QED) is 0.603. The molecule has 0 bridgehead atoms. The maximum Gasteiger partial charge on any atom is 0.313 e. The van der Waals surface area contributed by atoms with Crippen molar-refractivity contribution in [2.24, 2.45) is 5.41 Å². The second-order valence-corrected chi connectivity index (χ2v) is 8.68. The number of rotatable bonds is 8. The molecule has 2 heterocycles. The van der Waals surface area contributed by atoms with E-state index in [1.54, 1.807) is 7.11 Å². The fraction of sp³-hybridized carbons (Fsp3) is 0.478. The monoisotopic (exact) mass is 415 g/mol. The SMILES string of the molecule is CCOC(=O)[C@@]1(CCc2ccccc2)CCCN(C(=O)c2ccc(COC)s2)C1. The second-order valence-electron chi connectivity index (χ2n) is 7.52. The van der Waals surface area contributed by atoms with E-state index in [-0.39, 0.29) is 11.9 Å². The molecule has 29 heavy (non-hydrogen) atoms. The maximum absolute atomic E-state index is 13.1. The van der Waals surface area contributed by atoms with Crippen molar-refractivity contribution in [2.45, 2.75) is 39.2 Å². The highest BCUT2D eigenvalue weighted by atomic mass is 32.1. The lowest BCUT2D eigenvalue weighted by Gasteiger charge is -2.41. The molecule has 1 saturated heterocycles. The van der Waals surface area contributed by atoms with Crippen LogP contribution in [0, 0.1) is 5.41 Å². The summed E-state index contributed by atoms with van der Waals surface area (Å²) in [6.07, 6.45) is 3.02. The first-order valence-electron chi connectivity index (χ1n) is 10.2. The van der Waals surface area contributed by atoms with E-state index in [1.165, 1.54) is 16.9 Å². The molecule has 1 aliphatic heterocycles. The Bertz CT molecular complexity index is 819. The molecule has 0 spiro atoms. The molecule has 1 aromatic heterocycles. The number of likely N-dealkylation sites (tertiary alicyclic amines) is 1. The summed E-state index contributed by atoms with van der Waals surface area (Å²) in [4.78, 5) is 29.6. The van der Waals surface area contributed by atoms with Gasteiger partial charge in [-0.25, -0.2) is 0 Å². The van der Waals surface area contributed by atoms with Gasteiger partial charge in [-0.05, 0) is 50.3 Å². The fourth-order valence-corrected chi connectivity index (χ4v) is 4.91. The molecule has 0 unspecified atom stereocenters. The van der Waals surface area contributed by atoms with Crippen LogP contribution in [0.2, 0.25) is 0 Å². The number of nitrogens with zero attached hydrogens (tertiary/aromatic N) is 1.